The fraction of sp³-hybridized carbons (Fsp3) is 0.357. The number of rotatable bonds is 4. The van der Waals surface area contributed by atoms with Crippen molar-refractivity contribution in [2.75, 3.05) is 7.05 Å². The minimum Gasteiger partial charge on any atom is -0.307 e. The maximum atomic E-state index is 13.9. The summed E-state index contributed by atoms with van der Waals surface area (Å²) in [7, 11) is 1.71. The molecule has 0 aliphatic heterocycles. The second-order valence-corrected chi connectivity index (χ2v) is 5.52. The van der Waals surface area contributed by atoms with E-state index in [1.54, 1.807) is 13.1 Å². The van der Waals surface area contributed by atoms with Gasteiger partial charge in [0.25, 0.3) is 0 Å². The summed E-state index contributed by atoms with van der Waals surface area (Å²) in [6, 6.07) is 3.78. The molecule has 2 rings (SSSR count). The number of nitrogens with zero attached hydrogens (tertiary/aromatic N) is 1. The van der Waals surface area contributed by atoms with Crippen molar-refractivity contribution in [3.63, 3.8) is 0 Å². The lowest BCUT2D eigenvalue weighted by molar-refractivity contribution is 0.487. The van der Waals surface area contributed by atoms with Gasteiger partial charge in [-0.1, -0.05) is 26.0 Å². The Labute approximate surface area is 115 Å². The van der Waals surface area contributed by atoms with Crippen LogP contribution in [-0.4, -0.2) is 12.0 Å². The highest BCUT2D eigenvalue weighted by Crippen LogP contribution is 2.29. The van der Waals surface area contributed by atoms with Crippen LogP contribution in [0.2, 0.25) is 0 Å². The minimum atomic E-state index is -0.835. The molecule has 2 aromatic rings. The van der Waals surface area contributed by atoms with Crippen molar-refractivity contribution in [3.8, 4) is 0 Å². The van der Waals surface area contributed by atoms with Gasteiger partial charge in [-0.25, -0.2) is 13.8 Å². The molecule has 0 bridgehead atoms. The van der Waals surface area contributed by atoms with Crippen LogP contribution in [0.15, 0.2) is 23.6 Å². The number of hydrogen-bond acceptors (Lipinski definition) is 3. The fourth-order valence-corrected chi connectivity index (χ4v) is 2.96. The van der Waals surface area contributed by atoms with Gasteiger partial charge in [-0.05, 0) is 19.0 Å². The topological polar surface area (TPSA) is 24.9 Å². The van der Waals surface area contributed by atoms with Crippen molar-refractivity contribution in [2.24, 2.45) is 0 Å². The Hall–Kier alpha value is -1.33. The predicted molar refractivity (Wildman–Crippen MR) is 73.5 cm³/mol. The maximum absolute atomic E-state index is 13.9. The zero-order valence-electron chi connectivity index (χ0n) is 11.1. The van der Waals surface area contributed by atoms with Gasteiger partial charge in [0, 0.05) is 10.9 Å². The first-order chi connectivity index (χ1) is 9.04. The fourth-order valence-electron chi connectivity index (χ4n) is 1.85. The average Bonchev–Trinajstić information content (AvgIpc) is 2.85. The molecule has 19 heavy (non-hydrogen) atoms. The van der Waals surface area contributed by atoms with E-state index in [9.17, 15) is 8.78 Å². The molecular weight excluding hydrogens is 266 g/mol. The molecule has 0 radical (unpaired) electrons. The summed E-state index contributed by atoms with van der Waals surface area (Å²) in [5, 5.41) is 5.70. The molecule has 0 amide bonds. The van der Waals surface area contributed by atoms with Crippen molar-refractivity contribution >= 4 is 11.3 Å². The Bertz CT molecular complexity index is 566. The van der Waals surface area contributed by atoms with Gasteiger partial charge in [0.1, 0.15) is 5.01 Å². The van der Waals surface area contributed by atoms with Crippen molar-refractivity contribution in [1.82, 2.24) is 10.3 Å². The quantitative estimate of drug-likeness (QED) is 0.921. The van der Waals surface area contributed by atoms with Crippen LogP contribution < -0.4 is 5.32 Å². The summed E-state index contributed by atoms with van der Waals surface area (Å²) in [6.07, 6.45) is 0. The summed E-state index contributed by atoms with van der Waals surface area (Å²) in [6.45, 7) is 4.10. The van der Waals surface area contributed by atoms with Crippen molar-refractivity contribution in [2.45, 2.75) is 25.8 Å². The van der Waals surface area contributed by atoms with E-state index in [1.807, 2.05) is 5.38 Å². The van der Waals surface area contributed by atoms with Crippen LogP contribution in [0, 0.1) is 11.6 Å². The molecule has 1 aromatic carbocycles. The van der Waals surface area contributed by atoms with Crippen molar-refractivity contribution < 1.29 is 8.78 Å². The molecule has 0 spiro atoms. The van der Waals surface area contributed by atoms with Gasteiger partial charge in [-0.2, -0.15) is 0 Å². The summed E-state index contributed by atoms with van der Waals surface area (Å²) >= 11 is 1.46. The van der Waals surface area contributed by atoms with Gasteiger partial charge < -0.3 is 5.32 Å². The van der Waals surface area contributed by atoms with E-state index < -0.39 is 17.7 Å². The van der Waals surface area contributed by atoms with Gasteiger partial charge in [-0.15, -0.1) is 11.3 Å². The van der Waals surface area contributed by atoms with Crippen LogP contribution in [0.1, 0.15) is 42.1 Å². The van der Waals surface area contributed by atoms with E-state index in [4.69, 9.17) is 0 Å². The van der Waals surface area contributed by atoms with Gasteiger partial charge in [-0.3, -0.25) is 0 Å². The molecule has 102 valence electrons. The second kappa shape index (κ2) is 5.75. The molecule has 1 N–H and O–H groups in total. The Morgan fingerprint density at radius 1 is 1.26 bits per heavy atom. The highest BCUT2D eigenvalue weighted by atomic mass is 32.1. The number of hydrogen-bond donors (Lipinski definition) is 1. The zero-order valence-corrected chi connectivity index (χ0v) is 11.9. The van der Waals surface area contributed by atoms with E-state index >= 15 is 0 Å². The van der Waals surface area contributed by atoms with Crippen LogP contribution in [0.3, 0.4) is 0 Å². The third-order valence-electron chi connectivity index (χ3n) is 2.96. The lowest BCUT2D eigenvalue weighted by atomic mass is 10.1. The van der Waals surface area contributed by atoms with E-state index in [0.717, 1.165) is 16.8 Å². The first-order valence-corrected chi connectivity index (χ1v) is 6.99. The smallest absolute Gasteiger partial charge is 0.164 e. The molecule has 1 atom stereocenters. The molecule has 1 aromatic heterocycles. The van der Waals surface area contributed by atoms with Crippen molar-refractivity contribution in [1.29, 1.82) is 0 Å². The molecule has 1 unspecified atom stereocenters. The predicted octanol–water partition coefficient (Wildman–Crippen LogP) is 3.85. The number of aromatic nitrogens is 1. The average molecular weight is 282 g/mol. The number of thiazole rings is 1. The summed E-state index contributed by atoms with van der Waals surface area (Å²) < 4.78 is 27.2. The normalized spacial score (nSPS) is 12.9. The van der Waals surface area contributed by atoms with Crippen LogP contribution in [0.4, 0.5) is 8.78 Å². The summed E-state index contributed by atoms with van der Waals surface area (Å²) in [4.78, 5) is 4.49. The lowest BCUT2D eigenvalue weighted by Gasteiger charge is -2.15. The zero-order chi connectivity index (χ0) is 14.0. The first kappa shape index (κ1) is 14.1. The van der Waals surface area contributed by atoms with Gasteiger partial charge in [0.2, 0.25) is 0 Å². The maximum Gasteiger partial charge on any atom is 0.164 e. The Kier molecular flexibility index (Phi) is 4.27. The van der Waals surface area contributed by atoms with E-state index in [-0.39, 0.29) is 5.56 Å². The second-order valence-electron chi connectivity index (χ2n) is 4.63. The minimum absolute atomic E-state index is 0.284. The Morgan fingerprint density at radius 3 is 2.58 bits per heavy atom. The molecule has 5 heteroatoms. The SMILES string of the molecule is CNC(c1nc(C(C)C)cs1)c1cccc(F)c1F. The molecule has 0 fully saturated rings. The molecule has 1 heterocycles. The summed E-state index contributed by atoms with van der Waals surface area (Å²) in [5.74, 6) is -1.33. The van der Waals surface area contributed by atoms with Crippen molar-refractivity contribution in [3.05, 3.63) is 51.5 Å². The van der Waals surface area contributed by atoms with E-state index in [0.29, 0.717) is 5.92 Å². The highest BCUT2D eigenvalue weighted by Gasteiger charge is 2.21. The lowest BCUT2D eigenvalue weighted by Crippen LogP contribution is -2.19. The highest BCUT2D eigenvalue weighted by molar-refractivity contribution is 7.09. The molecule has 2 nitrogen and oxygen atoms in total. The number of benzene rings is 1. The Morgan fingerprint density at radius 2 is 2.00 bits per heavy atom. The van der Waals surface area contributed by atoms with Gasteiger partial charge >= 0.3 is 0 Å². The third-order valence-corrected chi connectivity index (χ3v) is 3.89. The van der Waals surface area contributed by atoms with Crippen LogP contribution in [-0.2, 0) is 0 Å². The molecule has 0 aliphatic carbocycles. The van der Waals surface area contributed by atoms with E-state index in [2.05, 4.69) is 24.1 Å². The van der Waals surface area contributed by atoms with Gasteiger partial charge in [0.15, 0.2) is 11.6 Å². The number of nitrogens with one attached hydrogen (secondary N) is 1. The van der Waals surface area contributed by atoms with Gasteiger partial charge in [0.05, 0.1) is 11.7 Å². The molecule has 0 aliphatic rings. The summed E-state index contributed by atoms with van der Waals surface area (Å²) in [5.41, 5.74) is 1.25. The first-order valence-electron chi connectivity index (χ1n) is 6.11. The molecule has 0 saturated heterocycles. The third kappa shape index (κ3) is 2.82. The van der Waals surface area contributed by atoms with Crippen LogP contribution in [0.5, 0.6) is 0 Å². The monoisotopic (exact) mass is 282 g/mol. The largest absolute Gasteiger partial charge is 0.307 e. The number of halogens is 2. The van der Waals surface area contributed by atoms with Crippen LogP contribution in [0.25, 0.3) is 0 Å². The molecule has 0 saturated carbocycles. The van der Waals surface area contributed by atoms with E-state index in [1.165, 1.54) is 17.4 Å². The standard InChI is InChI=1S/C14H16F2N2S/c1-8(2)11-7-19-14(18-11)13(17-3)9-5-4-6-10(15)12(9)16/h4-8,13,17H,1-3H3. The molecular formula is C14H16F2N2S. The van der Waals surface area contributed by atoms with Crippen LogP contribution >= 0.6 is 11.3 Å². The Balaban J connectivity index is 2.41.